The van der Waals surface area contributed by atoms with Crippen LogP contribution >= 0.6 is 11.8 Å². The summed E-state index contributed by atoms with van der Waals surface area (Å²) in [6, 6.07) is 22.2. The number of nitrogens with one attached hydrogen (secondary N) is 2. The third-order valence-corrected chi connectivity index (χ3v) is 8.63. The number of aliphatic hydroxyl groups excluding tert-OH is 1. The van der Waals surface area contributed by atoms with Crippen molar-refractivity contribution < 1.29 is 24.2 Å². The van der Waals surface area contributed by atoms with Crippen LogP contribution in [0.25, 0.3) is 0 Å². The van der Waals surface area contributed by atoms with E-state index in [1.807, 2.05) is 94.4 Å². The zero-order valence-corrected chi connectivity index (χ0v) is 24.6. The average Bonchev–Trinajstić information content (AvgIpc) is 3.27. The molecule has 9 heteroatoms. The summed E-state index contributed by atoms with van der Waals surface area (Å²) in [5.41, 5.74) is 3.89. The average molecular weight is 576 g/mol. The second-order valence-corrected chi connectivity index (χ2v) is 12.4. The summed E-state index contributed by atoms with van der Waals surface area (Å²) in [6.07, 6.45) is -2.21. The maximum absolute atomic E-state index is 13.8. The molecule has 3 atom stereocenters. The molecule has 1 heterocycles. The Kier molecular flexibility index (Phi) is 9.73. The van der Waals surface area contributed by atoms with Crippen molar-refractivity contribution in [1.82, 2.24) is 15.5 Å². The van der Waals surface area contributed by atoms with Crippen molar-refractivity contribution >= 4 is 29.7 Å². The minimum Gasteiger partial charge on any atom is -0.410 e. The van der Waals surface area contributed by atoms with E-state index in [1.165, 1.54) is 16.7 Å². The highest BCUT2D eigenvalue weighted by Gasteiger charge is 2.49. The molecule has 3 amide bonds. The summed E-state index contributed by atoms with van der Waals surface area (Å²) in [7, 11) is 0. The maximum Gasteiger partial charge on any atom is 0.412 e. The van der Waals surface area contributed by atoms with Gasteiger partial charge in [0.25, 0.3) is 5.91 Å². The number of carbonyl (C=O) groups is 3. The molecular weight excluding hydrogens is 538 g/mol. The fourth-order valence-electron chi connectivity index (χ4n) is 4.85. The standard InChI is InChI=1S/C32H37N3O5S/c1-21-14-16-25(17-15-21)40-31(39)34-26(18-23-11-6-5-7-12-23)27(36)30(38)35-20-41-32(3,4)28(35)29(37)33-19-24-13-9-8-10-22(24)2/h5-17,26-28,36H,18-20H2,1-4H3,(H,33,37)(H,34,39). The van der Waals surface area contributed by atoms with Gasteiger partial charge in [-0.05, 0) is 62.9 Å². The quantitative estimate of drug-likeness (QED) is 0.350. The summed E-state index contributed by atoms with van der Waals surface area (Å²) in [5.74, 6) is -0.349. The first kappa shape index (κ1) is 30.1. The normalized spacial score (nSPS) is 17.4. The molecule has 3 N–H and O–H groups in total. The molecule has 1 saturated heterocycles. The summed E-state index contributed by atoms with van der Waals surface area (Å²) in [5, 5.41) is 17.0. The molecule has 1 aliphatic heterocycles. The topological polar surface area (TPSA) is 108 Å². The van der Waals surface area contributed by atoms with E-state index in [-0.39, 0.29) is 18.2 Å². The lowest BCUT2D eigenvalue weighted by Gasteiger charge is -2.33. The molecule has 0 radical (unpaired) electrons. The highest BCUT2D eigenvalue weighted by Crippen LogP contribution is 2.40. The number of benzene rings is 3. The van der Waals surface area contributed by atoms with E-state index in [2.05, 4.69) is 10.6 Å². The molecule has 41 heavy (non-hydrogen) atoms. The lowest BCUT2D eigenvalue weighted by atomic mass is 9.97. The van der Waals surface area contributed by atoms with Gasteiger partial charge in [0, 0.05) is 11.3 Å². The molecule has 1 fully saturated rings. The fraction of sp³-hybridized carbons (Fsp3) is 0.344. The second kappa shape index (κ2) is 13.2. The number of aliphatic hydroxyl groups is 1. The molecule has 3 aromatic rings. The molecule has 8 nitrogen and oxygen atoms in total. The predicted octanol–water partition coefficient (Wildman–Crippen LogP) is 4.36. The van der Waals surface area contributed by atoms with Gasteiger partial charge in [-0.3, -0.25) is 9.59 Å². The van der Waals surface area contributed by atoms with Crippen LogP contribution in [-0.4, -0.2) is 56.7 Å². The first-order chi connectivity index (χ1) is 19.5. The number of hydrogen-bond acceptors (Lipinski definition) is 6. The number of amides is 3. The number of hydrogen-bond donors (Lipinski definition) is 3. The van der Waals surface area contributed by atoms with E-state index in [0.717, 1.165) is 22.3 Å². The lowest BCUT2D eigenvalue weighted by Crippen LogP contribution is -2.58. The van der Waals surface area contributed by atoms with Crippen molar-refractivity contribution in [2.24, 2.45) is 0 Å². The second-order valence-electron chi connectivity index (χ2n) is 10.8. The van der Waals surface area contributed by atoms with Crippen molar-refractivity contribution in [2.75, 3.05) is 5.88 Å². The van der Waals surface area contributed by atoms with Gasteiger partial charge < -0.3 is 25.4 Å². The van der Waals surface area contributed by atoms with Gasteiger partial charge in [-0.25, -0.2) is 4.79 Å². The SMILES string of the molecule is Cc1ccc(OC(=O)NC(Cc2ccccc2)C(O)C(=O)N2CSC(C)(C)C2C(=O)NCc2ccccc2C)cc1. The fourth-order valence-corrected chi connectivity index (χ4v) is 5.99. The highest BCUT2D eigenvalue weighted by atomic mass is 32.2. The Labute approximate surface area is 245 Å². The maximum atomic E-state index is 13.8. The van der Waals surface area contributed by atoms with Crippen molar-refractivity contribution in [3.05, 3.63) is 101 Å². The van der Waals surface area contributed by atoms with Gasteiger partial charge in [-0.2, -0.15) is 0 Å². The molecule has 0 spiro atoms. The third-order valence-electron chi connectivity index (χ3n) is 7.26. The third kappa shape index (κ3) is 7.68. The van der Waals surface area contributed by atoms with Gasteiger partial charge in [0.15, 0.2) is 6.10 Å². The van der Waals surface area contributed by atoms with Gasteiger partial charge in [0.1, 0.15) is 11.8 Å². The molecule has 0 aromatic heterocycles. The van der Waals surface area contributed by atoms with Crippen LogP contribution in [0.2, 0.25) is 0 Å². The minimum atomic E-state index is -1.61. The van der Waals surface area contributed by atoms with E-state index in [1.54, 1.807) is 12.1 Å². The van der Waals surface area contributed by atoms with Gasteiger partial charge in [0.05, 0.1) is 11.9 Å². The lowest BCUT2D eigenvalue weighted by molar-refractivity contribution is -0.147. The molecule has 3 unspecified atom stereocenters. The Bertz CT molecular complexity index is 1360. The van der Waals surface area contributed by atoms with Crippen molar-refractivity contribution in [1.29, 1.82) is 0 Å². The summed E-state index contributed by atoms with van der Waals surface area (Å²) in [4.78, 5) is 41.5. The molecule has 216 valence electrons. The molecule has 0 bridgehead atoms. The predicted molar refractivity (Wildman–Crippen MR) is 160 cm³/mol. The minimum absolute atomic E-state index is 0.186. The Morgan fingerprint density at radius 1 is 1.00 bits per heavy atom. The number of thioether (sulfide) groups is 1. The molecule has 4 rings (SSSR count). The number of aryl methyl sites for hydroxylation is 2. The van der Waals surface area contributed by atoms with Gasteiger partial charge in [0.2, 0.25) is 5.91 Å². The van der Waals surface area contributed by atoms with Gasteiger partial charge >= 0.3 is 6.09 Å². The summed E-state index contributed by atoms with van der Waals surface area (Å²) < 4.78 is 4.83. The van der Waals surface area contributed by atoms with Crippen molar-refractivity contribution in [2.45, 2.75) is 63.6 Å². The smallest absolute Gasteiger partial charge is 0.410 e. The summed E-state index contributed by atoms with van der Waals surface area (Å²) in [6.45, 7) is 8.06. The van der Waals surface area contributed by atoms with Crippen LogP contribution in [0.5, 0.6) is 5.75 Å². The van der Waals surface area contributed by atoms with Crippen molar-refractivity contribution in [3.8, 4) is 5.75 Å². The van der Waals surface area contributed by atoms with Crippen LogP contribution in [0.15, 0.2) is 78.9 Å². The van der Waals surface area contributed by atoms with E-state index in [0.29, 0.717) is 12.3 Å². The number of carbonyl (C=O) groups excluding carboxylic acids is 3. The highest BCUT2D eigenvalue weighted by molar-refractivity contribution is 8.00. The van der Waals surface area contributed by atoms with Crippen LogP contribution in [-0.2, 0) is 22.6 Å². The Morgan fingerprint density at radius 2 is 1.66 bits per heavy atom. The molecular formula is C32H37N3O5S. The molecule has 1 aliphatic rings. The molecule has 0 saturated carbocycles. The monoisotopic (exact) mass is 575 g/mol. The Balaban J connectivity index is 1.50. The Hall–Kier alpha value is -3.82. The van der Waals surface area contributed by atoms with Crippen LogP contribution < -0.4 is 15.4 Å². The van der Waals surface area contributed by atoms with E-state index >= 15 is 0 Å². The zero-order valence-electron chi connectivity index (χ0n) is 23.8. The van der Waals surface area contributed by atoms with Crippen LogP contribution in [0.4, 0.5) is 4.79 Å². The van der Waals surface area contributed by atoms with Crippen LogP contribution in [0.1, 0.15) is 36.1 Å². The number of ether oxygens (including phenoxy) is 1. The van der Waals surface area contributed by atoms with E-state index in [9.17, 15) is 19.5 Å². The van der Waals surface area contributed by atoms with Gasteiger partial charge in [-0.15, -0.1) is 11.8 Å². The molecule has 0 aliphatic carbocycles. The first-order valence-electron chi connectivity index (χ1n) is 13.6. The van der Waals surface area contributed by atoms with E-state index < -0.39 is 34.9 Å². The number of nitrogens with zero attached hydrogens (tertiary/aromatic N) is 1. The number of rotatable bonds is 9. The zero-order chi connectivity index (χ0) is 29.6. The first-order valence-corrected chi connectivity index (χ1v) is 14.6. The van der Waals surface area contributed by atoms with E-state index in [4.69, 9.17) is 4.74 Å². The summed E-state index contributed by atoms with van der Waals surface area (Å²) >= 11 is 1.47. The largest absolute Gasteiger partial charge is 0.412 e. The van der Waals surface area contributed by atoms with Crippen molar-refractivity contribution in [3.63, 3.8) is 0 Å². The van der Waals surface area contributed by atoms with Gasteiger partial charge in [-0.1, -0.05) is 72.3 Å². The molecule has 3 aromatic carbocycles. The van der Waals surface area contributed by atoms with Crippen LogP contribution in [0.3, 0.4) is 0 Å². The van der Waals surface area contributed by atoms with Crippen LogP contribution in [0, 0.1) is 13.8 Å². The Morgan fingerprint density at radius 3 is 2.34 bits per heavy atom.